The second-order valence-electron chi connectivity index (χ2n) is 5.63. The molecule has 1 aromatic heterocycles. The normalized spacial score (nSPS) is 20.8. The summed E-state index contributed by atoms with van der Waals surface area (Å²) in [7, 11) is 0. The van der Waals surface area contributed by atoms with Crippen LogP contribution in [-0.2, 0) is 0 Å². The van der Waals surface area contributed by atoms with Crippen molar-refractivity contribution in [3.63, 3.8) is 0 Å². The summed E-state index contributed by atoms with van der Waals surface area (Å²) in [6.07, 6.45) is 5.82. The molecule has 0 spiro atoms. The maximum absolute atomic E-state index is 4.62. The molecule has 2 rings (SSSR count). The molecule has 0 amide bonds. The smallest absolute Gasteiger partial charge is 0.0572 e. The van der Waals surface area contributed by atoms with Gasteiger partial charge in [0.2, 0.25) is 0 Å². The summed E-state index contributed by atoms with van der Waals surface area (Å²) < 4.78 is 0. The minimum absolute atomic E-state index is 0.343. The molecule has 0 aliphatic carbocycles. The summed E-state index contributed by atoms with van der Waals surface area (Å²) in [5.41, 5.74) is 2.42. The molecule has 1 aliphatic heterocycles. The van der Waals surface area contributed by atoms with Crippen LogP contribution < -0.4 is 10.2 Å². The molecule has 1 saturated heterocycles. The van der Waals surface area contributed by atoms with Gasteiger partial charge in [-0.3, -0.25) is 4.98 Å². The molecule has 3 nitrogen and oxygen atoms in total. The molecular formula is C16H27N3. The fourth-order valence-corrected chi connectivity index (χ4v) is 2.71. The molecule has 19 heavy (non-hydrogen) atoms. The Hall–Kier alpha value is -1.09. The molecule has 0 bridgehead atoms. The molecule has 1 fully saturated rings. The number of rotatable bonds is 6. The molecule has 1 aromatic rings. The van der Waals surface area contributed by atoms with Gasteiger partial charge >= 0.3 is 0 Å². The number of hydrogen-bond donors (Lipinski definition) is 1. The zero-order valence-electron chi connectivity index (χ0n) is 12.5. The van der Waals surface area contributed by atoms with Crippen molar-refractivity contribution in [2.45, 2.75) is 46.1 Å². The van der Waals surface area contributed by atoms with Crippen LogP contribution in [0.2, 0.25) is 0 Å². The van der Waals surface area contributed by atoms with E-state index in [9.17, 15) is 0 Å². The van der Waals surface area contributed by atoms with Gasteiger partial charge in [0.25, 0.3) is 0 Å². The fraction of sp³-hybridized carbons (Fsp3) is 0.688. The Balaban J connectivity index is 1.95. The van der Waals surface area contributed by atoms with Crippen molar-refractivity contribution in [2.75, 3.05) is 24.5 Å². The zero-order chi connectivity index (χ0) is 13.7. The molecule has 1 aliphatic rings. The van der Waals surface area contributed by atoms with E-state index in [0.29, 0.717) is 6.04 Å². The van der Waals surface area contributed by atoms with Gasteiger partial charge in [0.05, 0.1) is 17.6 Å². The molecule has 2 unspecified atom stereocenters. The Bertz CT molecular complexity index is 374. The molecule has 0 radical (unpaired) electrons. The predicted molar refractivity (Wildman–Crippen MR) is 81.6 cm³/mol. The van der Waals surface area contributed by atoms with Gasteiger partial charge in [-0.2, -0.15) is 0 Å². The van der Waals surface area contributed by atoms with Gasteiger partial charge in [0.15, 0.2) is 0 Å². The minimum atomic E-state index is 0.343. The fourth-order valence-electron chi connectivity index (χ4n) is 2.71. The van der Waals surface area contributed by atoms with Gasteiger partial charge in [-0.25, -0.2) is 0 Å². The van der Waals surface area contributed by atoms with Gasteiger partial charge in [-0.15, -0.1) is 0 Å². The average Bonchev–Trinajstić information content (AvgIpc) is 2.94. The predicted octanol–water partition coefficient (Wildman–Crippen LogP) is 3.38. The van der Waals surface area contributed by atoms with E-state index in [1.54, 1.807) is 0 Å². The average molecular weight is 261 g/mol. The van der Waals surface area contributed by atoms with Gasteiger partial charge in [0, 0.05) is 19.1 Å². The van der Waals surface area contributed by atoms with Crippen LogP contribution in [0.5, 0.6) is 0 Å². The van der Waals surface area contributed by atoms with Gasteiger partial charge in [0.1, 0.15) is 0 Å². The molecule has 0 aromatic carbocycles. The molecule has 3 heteroatoms. The van der Waals surface area contributed by atoms with Gasteiger partial charge in [-0.1, -0.05) is 20.3 Å². The largest absolute Gasteiger partial charge is 0.370 e. The van der Waals surface area contributed by atoms with Crippen molar-refractivity contribution in [1.82, 2.24) is 10.3 Å². The molecule has 2 atom stereocenters. The van der Waals surface area contributed by atoms with Crippen LogP contribution in [0, 0.1) is 5.92 Å². The Morgan fingerprint density at radius 3 is 2.84 bits per heavy atom. The van der Waals surface area contributed by atoms with Crippen molar-refractivity contribution < 1.29 is 0 Å². The number of pyridine rings is 1. The van der Waals surface area contributed by atoms with E-state index >= 15 is 0 Å². The van der Waals surface area contributed by atoms with E-state index in [2.05, 4.69) is 48.1 Å². The third kappa shape index (κ3) is 3.69. The summed E-state index contributed by atoms with van der Waals surface area (Å²) in [5.74, 6) is 0.866. The van der Waals surface area contributed by atoms with Crippen molar-refractivity contribution in [3.05, 3.63) is 24.0 Å². The van der Waals surface area contributed by atoms with Crippen LogP contribution in [0.25, 0.3) is 0 Å². The van der Waals surface area contributed by atoms with E-state index in [-0.39, 0.29) is 0 Å². The van der Waals surface area contributed by atoms with Gasteiger partial charge < -0.3 is 10.2 Å². The maximum atomic E-state index is 4.62. The summed E-state index contributed by atoms with van der Waals surface area (Å²) in [6.45, 7) is 10.1. The van der Waals surface area contributed by atoms with E-state index in [1.165, 1.54) is 31.6 Å². The Morgan fingerprint density at radius 1 is 1.42 bits per heavy atom. The highest BCUT2D eigenvalue weighted by atomic mass is 15.2. The van der Waals surface area contributed by atoms with Crippen LogP contribution in [0.4, 0.5) is 5.69 Å². The van der Waals surface area contributed by atoms with Crippen LogP contribution in [0.15, 0.2) is 18.3 Å². The van der Waals surface area contributed by atoms with Crippen LogP contribution >= 0.6 is 0 Å². The lowest BCUT2D eigenvalue weighted by atomic mass is 10.1. The lowest BCUT2D eigenvalue weighted by Gasteiger charge is -2.19. The second kappa shape index (κ2) is 6.90. The highest BCUT2D eigenvalue weighted by Crippen LogP contribution is 2.25. The Morgan fingerprint density at radius 2 is 2.26 bits per heavy atom. The van der Waals surface area contributed by atoms with E-state index in [0.717, 1.165) is 24.6 Å². The molecule has 1 N–H and O–H groups in total. The summed E-state index contributed by atoms with van der Waals surface area (Å²) >= 11 is 0. The Labute approximate surface area is 117 Å². The topological polar surface area (TPSA) is 28.2 Å². The lowest BCUT2D eigenvalue weighted by Crippen LogP contribution is -2.22. The van der Waals surface area contributed by atoms with Crippen molar-refractivity contribution in [3.8, 4) is 0 Å². The zero-order valence-corrected chi connectivity index (χ0v) is 12.5. The quantitative estimate of drug-likeness (QED) is 0.851. The first-order valence-electron chi connectivity index (χ1n) is 7.68. The first-order chi connectivity index (χ1) is 9.24. The molecule has 106 valence electrons. The SMILES string of the molecule is CCCNC(C)c1ccc(N2CCC(CC)C2)cn1. The van der Waals surface area contributed by atoms with Crippen molar-refractivity contribution >= 4 is 5.69 Å². The first-order valence-corrected chi connectivity index (χ1v) is 7.68. The summed E-state index contributed by atoms with van der Waals surface area (Å²) in [5, 5.41) is 3.48. The van der Waals surface area contributed by atoms with E-state index in [1.807, 2.05) is 6.20 Å². The van der Waals surface area contributed by atoms with Crippen LogP contribution in [-0.4, -0.2) is 24.6 Å². The lowest BCUT2D eigenvalue weighted by molar-refractivity contribution is 0.558. The second-order valence-corrected chi connectivity index (χ2v) is 5.63. The van der Waals surface area contributed by atoms with E-state index in [4.69, 9.17) is 0 Å². The van der Waals surface area contributed by atoms with Crippen LogP contribution in [0.3, 0.4) is 0 Å². The Kier molecular flexibility index (Phi) is 5.20. The molecule has 2 heterocycles. The third-order valence-corrected chi connectivity index (χ3v) is 4.14. The summed E-state index contributed by atoms with van der Waals surface area (Å²) in [6, 6.07) is 4.74. The number of nitrogens with zero attached hydrogens (tertiary/aromatic N) is 2. The van der Waals surface area contributed by atoms with E-state index < -0.39 is 0 Å². The number of anilines is 1. The summed E-state index contributed by atoms with van der Waals surface area (Å²) in [4.78, 5) is 7.09. The monoisotopic (exact) mass is 261 g/mol. The molecule has 0 saturated carbocycles. The van der Waals surface area contributed by atoms with Crippen LogP contribution in [0.1, 0.15) is 51.8 Å². The number of aromatic nitrogens is 1. The highest BCUT2D eigenvalue weighted by molar-refractivity contribution is 5.45. The third-order valence-electron chi connectivity index (χ3n) is 4.14. The first kappa shape index (κ1) is 14.3. The maximum Gasteiger partial charge on any atom is 0.0572 e. The molecular weight excluding hydrogens is 234 g/mol. The standard InChI is InChI=1S/C16H27N3/c1-4-9-17-13(3)16-7-6-15(11-18-16)19-10-8-14(5-2)12-19/h6-7,11,13-14,17H,4-5,8-10,12H2,1-3H3. The van der Waals surface area contributed by atoms with Gasteiger partial charge in [-0.05, 0) is 44.4 Å². The number of nitrogens with one attached hydrogen (secondary N) is 1. The van der Waals surface area contributed by atoms with Crippen molar-refractivity contribution in [1.29, 1.82) is 0 Å². The highest BCUT2D eigenvalue weighted by Gasteiger charge is 2.21. The number of hydrogen-bond acceptors (Lipinski definition) is 3. The minimum Gasteiger partial charge on any atom is -0.370 e. The van der Waals surface area contributed by atoms with Crippen molar-refractivity contribution in [2.24, 2.45) is 5.92 Å².